The Balaban J connectivity index is 1.56. The fourth-order valence-corrected chi connectivity index (χ4v) is 3.97. The minimum absolute atomic E-state index is 0.0136. The number of carbonyl (C=O) groups is 1. The summed E-state index contributed by atoms with van der Waals surface area (Å²) in [4.78, 5) is 12.6. The second kappa shape index (κ2) is 6.97. The molecule has 1 atom stereocenters. The predicted octanol–water partition coefficient (Wildman–Crippen LogP) is 3.47. The summed E-state index contributed by atoms with van der Waals surface area (Å²) >= 11 is 4.81. The van der Waals surface area contributed by atoms with Crippen molar-refractivity contribution in [2.75, 3.05) is 5.32 Å². The lowest BCUT2D eigenvalue weighted by Crippen LogP contribution is -2.24. The molecule has 0 spiro atoms. The predicted molar refractivity (Wildman–Crippen MR) is 99.9 cm³/mol. The summed E-state index contributed by atoms with van der Waals surface area (Å²) in [6.45, 7) is 0. The summed E-state index contributed by atoms with van der Waals surface area (Å²) in [6.07, 6.45) is 1.58. The molecule has 1 aromatic heterocycles. The monoisotopic (exact) mass is 415 g/mol. The molecule has 25 heavy (non-hydrogen) atoms. The summed E-state index contributed by atoms with van der Waals surface area (Å²) in [5, 5.41) is 15.3. The first kappa shape index (κ1) is 16.3. The van der Waals surface area contributed by atoms with E-state index in [0.29, 0.717) is 5.16 Å². The van der Waals surface area contributed by atoms with E-state index in [4.69, 9.17) is 0 Å². The van der Waals surface area contributed by atoms with E-state index in [1.807, 2.05) is 42.5 Å². The highest BCUT2D eigenvalue weighted by Gasteiger charge is 2.26. The quantitative estimate of drug-likeness (QED) is 0.708. The van der Waals surface area contributed by atoms with E-state index < -0.39 is 0 Å². The number of carbonyl (C=O) groups excluding carboxylic acids is 1. The summed E-state index contributed by atoms with van der Waals surface area (Å²) in [6, 6.07) is 15.6. The van der Waals surface area contributed by atoms with Crippen LogP contribution in [0, 0.1) is 0 Å². The molecule has 0 saturated carbocycles. The van der Waals surface area contributed by atoms with E-state index >= 15 is 0 Å². The van der Waals surface area contributed by atoms with Crippen LogP contribution in [0.5, 0.6) is 0 Å². The number of amides is 1. The van der Waals surface area contributed by atoms with E-state index in [-0.39, 0.29) is 11.2 Å². The van der Waals surface area contributed by atoms with Crippen molar-refractivity contribution in [3.8, 4) is 5.69 Å². The molecule has 2 heterocycles. The number of thioether (sulfide) groups is 1. The Morgan fingerprint density at radius 2 is 1.96 bits per heavy atom. The zero-order valence-corrected chi connectivity index (χ0v) is 15.5. The van der Waals surface area contributed by atoms with Gasteiger partial charge in [-0.2, -0.15) is 4.68 Å². The molecule has 4 rings (SSSR count). The van der Waals surface area contributed by atoms with E-state index in [9.17, 15) is 4.79 Å². The molecule has 2 aromatic carbocycles. The van der Waals surface area contributed by atoms with Crippen molar-refractivity contribution in [1.82, 2.24) is 20.2 Å². The molecule has 1 N–H and O–H groups in total. The van der Waals surface area contributed by atoms with Crippen molar-refractivity contribution in [1.29, 1.82) is 0 Å². The molecule has 0 unspecified atom stereocenters. The average molecular weight is 416 g/mol. The fourth-order valence-electron chi connectivity index (χ4n) is 2.73. The van der Waals surface area contributed by atoms with Gasteiger partial charge in [0.25, 0.3) is 0 Å². The SMILES string of the molecule is O=C1Nc2ccccc2CC[C@H]1Sc1nnnn1-c1ccc(Br)cc1. The molecule has 0 bridgehead atoms. The number of aromatic nitrogens is 4. The highest BCUT2D eigenvalue weighted by molar-refractivity contribution is 9.10. The Hall–Kier alpha value is -2.19. The van der Waals surface area contributed by atoms with Crippen LogP contribution in [0.1, 0.15) is 12.0 Å². The zero-order chi connectivity index (χ0) is 17.2. The minimum atomic E-state index is -0.243. The molecule has 6 nitrogen and oxygen atoms in total. The van der Waals surface area contributed by atoms with Crippen LogP contribution in [0.4, 0.5) is 5.69 Å². The van der Waals surface area contributed by atoms with Gasteiger partial charge >= 0.3 is 0 Å². The molecular weight excluding hydrogens is 402 g/mol. The van der Waals surface area contributed by atoms with Crippen LogP contribution in [0.2, 0.25) is 0 Å². The third-order valence-electron chi connectivity index (χ3n) is 4.00. The number of fused-ring (bicyclic) bond motifs is 1. The zero-order valence-electron chi connectivity index (χ0n) is 13.1. The van der Waals surface area contributed by atoms with Crippen LogP contribution in [-0.2, 0) is 11.2 Å². The van der Waals surface area contributed by atoms with Crippen molar-refractivity contribution < 1.29 is 4.79 Å². The number of tetrazole rings is 1. The third-order valence-corrected chi connectivity index (χ3v) is 5.73. The van der Waals surface area contributed by atoms with Crippen LogP contribution in [0.15, 0.2) is 58.2 Å². The lowest BCUT2D eigenvalue weighted by atomic mass is 10.1. The van der Waals surface area contributed by atoms with Crippen molar-refractivity contribution in [3.63, 3.8) is 0 Å². The Bertz CT molecular complexity index is 911. The maximum Gasteiger partial charge on any atom is 0.237 e. The number of aryl methyl sites for hydroxylation is 1. The molecule has 1 aliphatic rings. The minimum Gasteiger partial charge on any atom is -0.325 e. The number of para-hydroxylation sites is 1. The van der Waals surface area contributed by atoms with Crippen LogP contribution >= 0.6 is 27.7 Å². The summed E-state index contributed by atoms with van der Waals surface area (Å²) in [5.74, 6) is -0.0136. The molecule has 3 aromatic rings. The maximum atomic E-state index is 12.6. The number of rotatable bonds is 3. The van der Waals surface area contributed by atoms with Crippen LogP contribution in [0.3, 0.4) is 0 Å². The van der Waals surface area contributed by atoms with Crippen LogP contribution < -0.4 is 5.32 Å². The van der Waals surface area contributed by atoms with Gasteiger partial charge in [-0.1, -0.05) is 45.9 Å². The Labute approximate surface area is 157 Å². The lowest BCUT2D eigenvalue weighted by Gasteiger charge is -2.12. The van der Waals surface area contributed by atoms with Crippen molar-refractivity contribution in [2.24, 2.45) is 0 Å². The molecule has 126 valence electrons. The van der Waals surface area contributed by atoms with Gasteiger partial charge < -0.3 is 5.32 Å². The Kier molecular flexibility index (Phi) is 4.54. The van der Waals surface area contributed by atoms with Gasteiger partial charge in [0.1, 0.15) is 0 Å². The lowest BCUT2D eigenvalue weighted by molar-refractivity contribution is -0.115. The number of halogens is 1. The molecule has 0 fully saturated rings. The molecular formula is C17H14BrN5OS. The number of anilines is 1. The summed E-state index contributed by atoms with van der Waals surface area (Å²) in [7, 11) is 0. The van der Waals surface area contributed by atoms with Gasteiger partial charge in [0.2, 0.25) is 11.1 Å². The molecule has 1 aliphatic heterocycles. The van der Waals surface area contributed by atoms with Gasteiger partial charge in [-0.3, -0.25) is 4.79 Å². The van der Waals surface area contributed by atoms with Gasteiger partial charge in [0.05, 0.1) is 10.9 Å². The molecule has 1 amide bonds. The molecule has 8 heteroatoms. The molecule has 0 aliphatic carbocycles. The maximum absolute atomic E-state index is 12.6. The average Bonchev–Trinajstić information content (AvgIpc) is 3.02. The largest absolute Gasteiger partial charge is 0.325 e. The second-order valence-corrected chi connectivity index (χ2v) is 7.73. The molecule has 0 saturated heterocycles. The van der Waals surface area contributed by atoms with Crippen molar-refractivity contribution in [2.45, 2.75) is 23.2 Å². The standard InChI is InChI=1S/C17H14BrN5OS/c18-12-6-8-13(9-7-12)23-17(20-21-22-23)25-15-10-5-11-3-1-2-4-14(11)19-16(15)24/h1-4,6-9,15H,5,10H2,(H,19,24)/t15-/m1/s1. The van der Waals surface area contributed by atoms with Gasteiger partial charge in [-0.25, -0.2) is 0 Å². The highest BCUT2D eigenvalue weighted by Crippen LogP contribution is 2.31. The van der Waals surface area contributed by atoms with Gasteiger partial charge in [0, 0.05) is 10.2 Å². The second-order valence-electron chi connectivity index (χ2n) is 5.64. The number of nitrogens with one attached hydrogen (secondary N) is 1. The topological polar surface area (TPSA) is 72.7 Å². The number of hydrogen-bond donors (Lipinski definition) is 1. The number of nitrogens with zero attached hydrogens (tertiary/aromatic N) is 4. The van der Waals surface area contributed by atoms with Crippen molar-refractivity contribution in [3.05, 3.63) is 58.6 Å². The van der Waals surface area contributed by atoms with Crippen molar-refractivity contribution >= 4 is 39.3 Å². The fraction of sp³-hybridized carbons (Fsp3) is 0.176. The van der Waals surface area contributed by atoms with Gasteiger partial charge in [-0.15, -0.1) is 5.10 Å². The first-order chi connectivity index (χ1) is 12.2. The van der Waals surface area contributed by atoms with Gasteiger partial charge in [0.15, 0.2) is 0 Å². The van der Waals surface area contributed by atoms with E-state index in [1.165, 1.54) is 11.8 Å². The number of hydrogen-bond acceptors (Lipinski definition) is 5. The summed E-state index contributed by atoms with van der Waals surface area (Å²) < 4.78 is 2.64. The summed E-state index contributed by atoms with van der Waals surface area (Å²) in [5.41, 5.74) is 2.91. The van der Waals surface area contributed by atoms with Crippen LogP contribution in [-0.4, -0.2) is 31.4 Å². The van der Waals surface area contributed by atoms with Gasteiger partial charge in [-0.05, 0) is 59.2 Å². The Morgan fingerprint density at radius 1 is 1.16 bits per heavy atom. The normalized spacial score (nSPS) is 16.8. The number of benzene rings is 2. The van der Waals surface area contributed by atoms with E-state index in [2.05, 4.69) is 42.8 Å². The van der Waals surface area contributed by atoms with E-state index in [0.717, 1.165) is 34.3 Å². The smallest absolute Gasteiger partial charge is 0.237 e. The molecule has 0 radical (unpaired) electrons. The van der Waals surface area contributed by atoms with E-state index in [1.54, 1.807) is 4.68 Å². The first-order valence-corrected chi connectivity index (χ1v) is 9.48. The van der Waals surface area contributed by atoms with Crippen LogP contribution in [0.25, 0.3) is 5.69 Å². The first-order valence-electron chi connectivity index (χ1n) is 7.80. The highest BCUT2D eigenvalue weighted by atomic mass is 79.9. The third kappa shape index (κ3) is 3.45. The Morgan fingerprint density at radius 3 is 2.80 bits per heavy atom.